The third kappa shape index (κ3) is 4.76. The molecular weight excluding hydrogens is 361 g/mol. The minimum absolute atomic E-state index is 0.246. The second-order valence-corrected chi connectivity index (χ2v) is 7.13. The average Bonchev–Trinajstić information content (AvgIpc) is 2.79. The SMILES string of the molecule is OC(c1ccc(CCc2cccnc2)cc1)c1ccc(-c2ccc(F)cc2)cc1. The van der Waals surface area contributed by atoms with Crippen LogP contribution in [0.15, 0.2) is 97.3 Å². The van der Waals surface area contributed by atoms with Gasteiger partial charge in [-0.1, -0.05) is 66.7 Å². The van der Waals surface area contributed by atoms with Crippen LogP contribution in [0.4, 0.5) is 4.39 Å². The van der Waals surface area contributed by atoms with Crippen LogP contribution >= 0.6 is 0 Å². The molecule has 1 unspecified atom stereocenters. The first-order valence-corrected chi connectivity index (χ1v) is 9.71. The molecule has 0 fully saturated rings. The number of hydrogen-bond donors (Lipinski definition) is 1. The van der Waals surface area contributed by atoms with Gasteiger partial charge in [-0.15, -0.1) is 0 Å². The fourth-order valence-corrected chi connectivity index (χ4v) is 3.39. The normalized spacial score (nSPS) is 11.9. The summed E-state index contributed by atoms with van der Waals surface area (Å²) in [6, 6.07) is 26.3. The summed E-state index contributed by atoms with van der Waals surface area (Å²) >= 11 is 0. The number of halogens is 1. The predicted molar refractivity (Wildman–Crippen MR) is 114 cm³/mol. The molecule has 144 valence electrons. The number of rotatable bonds is 6. The minimum atomic E-state index is -0.676. The molecule has 0 spiro atoms. The molecule has 1 aromatic heterocycles. The molecule has 0 aliphatic carbocycles. The third-order valence-corrected chi connectivity index (χ3v) is 5.12. The third-order valence-electron chi connectivity index (χ3n) is 5.12. The Morgan fingerprint density at radius 1 is 0.690 bits per heavy atom. The van der Waals surface area contributed by atoms with E-state index in [1.54, 1.807) is 18.3 Å². The Labute approximate surface area is 170 Å². The molecule has 0 radical (unpaired) electrons. The number of nitrogens with zero attached hydrogens (tertiary/aromatic N) is 1. The van der Waals surface area contributed by atoms with Crippen LogP contribution in [0, 0.1) is 5.82 Å². The van der Waals surface area contributed by atoms with Gasteiger partial charge in [-0.2, -0.15) is 0 Å². The number of aromatic nitrogens is 1. The van der Waals surface area contributed by atoms with Crippen LogP contribution < -0.4 is 0 Å². The van der Waals surface area contributed by atoms with Crippen molar-refractivity contribution in [3.05, 3.63) is 125 Å². The summed E-state index contributed by atoms with van der Waals surface area (Å²) in [5, 5.41) is 10.7. The van der Waals surface area contributed by atoms with E-state index in [0.29, 0.717) is 0 Å². The summed E-state index contributed by atoms with van der Waals surface area (Å²) in [6.07, 6.45) is 4.89. The van der Waals surface area contributed by atoms with Crippen molar-refractivity contribution in [2.45, 2.75) is 18.9 Å². The molecule has 1 heterocycles. The average molecular weight is 383 g/mol. The van der Waals surface area contributed by atoms with E-state index in [4.69, 9.17) is 0 Å². The van der Waals surface area contributed by atoms with Crippen molar-refractivity contribution < 1.29 is 9.50 Å². The molecule has 4 aromatic rings. The van der Waals surface area contributed by atoms with Gasteiger partial charge < -0.3 is 5.11 Å². The molecule has 0 bridgehead atoms. The van der Waals surface area contributed by atoms with Crippen LogP contribution in [-0.2, 0) is 12.8 Å². The lowest BCUT2D eigenvalue weighted by atomic mass is 9.96. The maximum atomic E-state index is 13.1. The highest BCUT2D eigenvalue weighted by Crippen LogP contribution is 2.26. The zero-order valence-corrected chi connectivity index (χ0v) is 16.0. The van der Waals surface area contributed by atoms with Crippen molar-refractivity contribution in [3.8, 4) is 11.1 Å². The molecule has 0 amide bonds. The fourth-order valence-electron chi connectivity index (χ4n) is 3.39. The Hall–Kier alpha value is -3.30. The summed E-state index contributed by atoms with van der Waals surface area (Å²) in [7, 11) is 0. The maximum Gasteiger partial charge on any atom is 0.123 e. The van der Waals surface area contributed by atoms with E-state index in [1.807, 2.05) is 48.7 Å². The number of hydrogen-bond acceptors (Lipinski definition) is 2. The van der Waals surface area contributed by atoms with E-state index in [-0.39, 0.29) is 5.82 Å². The molecular formula is C26H22FNO. The van der Waals surface area contributed by atoms with Gasteiger partial charge in [0.05, 0.1) is 0 Å². The highest BCUT2D eigenvalue weighted by Gasteiger charge is 2.11. The monoisotopic (exact) mass is 383 g/mol. The van der Waals surface area contributed by atoms with Gasteiger partial charge in [-0.25, -0.2) is 4.39 Å². The van der Waals surface area contributed by atoms with E-state index in [2.05, 4.69) is 23.2 Å². The van der Waals surface area contributed by atoms with Crippen molar-refractivity contribution in [1.29, 1.82) is 0 Å². The Balaban J connectivity index is 1.42. The fraction of sp³-hybridized carbons (Fsp3) is 0.115. The second kappa shape index (κ2) is 8.80. The minimum Gasteiger partial charge on any atom is -0.384 e. The topological polar surface area (TPSA) is 33.1 Å². The summed E-state index contributed by atoms with van der Waals surface area (Å²) < 4.78 is 13.1. The largest absolute Gasteiger partial charge is 0.384 e. The Morgan fingerprint density at radius 3 is 1.83 bits per heavy atom. The lowest BCUT2D eigenvalue weighted by Crippen LogP contribution is -2.00. The van der Waals surface area contributed by atoms with Gasteiger partial charge >= 0.3 is 0 Å². The van der Waals surface area contributed by atoms with Crippen molar-refractivity contribution in [2.75, 3.05) is 0 Å². The highest BCUT2D eigenvalue weighted by molar-refractivity contribution is 5.63. The lowest BCUT2D eigenvalue weighted by Gasteiger charge is -2.13. The molecule has 0 aliphatic rings. The summed E-state index contributed by atoms with van der Waals surface area (Å²) in [6.45, 7) is 0. The molecule has 0 aliphatic heterocycles. The molecule has 2 nitrogen and oxygen atoms in total. The number of pyridine rings is 1. The maximum absolute atomic E-state index is 13.1. The summed E-state index contributed by atoms with van der Waals surface area (Å²) in [5.41, 5.74) is 6.09. The van der Waals surface area contributed by atoms with Crippen LogP contribution in [0.2, 0.25) is 0 Å². The van der Waals surface area contributed by atoms with Crippen LogP contribution in [0.1, 0.15) is 28.4 Å². The molecule has 3 heteroatoms. The van der Waals surface area contributed by atoms with E-state index in [0.717, 1.165) is 35.1 Å². The first kappa shape index (κ1) is 19.0. The van der Waals surface area contributed by atoms with E-state index in [9.17, 15) is 9.50 Å². The van der Waals surface area contributed by atoms with E-state index < -0.39 is 6.10 Å². The Bertz CT molecular complexity index is 1040. The van der Waals surface area contributed by atoms with E-state index >= 15 is 0 Å². The van der Waals surface area contributed by atoms with Crippen LogP contribution in [-0.4, -0.2) is 10.1 Å². The van der Waals surface area contributed by atoms with Crippen molar-refractivity contribution in [1.82, 2.24) is 4.98 Å². The van der Waals surface area contributed by atoms with Crippen LogP contribution in [0.25, 0.3) is 11.1 Å². The number of aliphatic hydroxyl groups is 1. The van der Waals surface area contributed by atoms with Crippen molar-refractivity contribution >= 4 is 0 Å². The van der Waals surface area contributed by atoms with E-state index in [1.165, 1.54) is 23.3 Å². The summed E-state index contributed by atoms with van der Waals surface area (Å²) in [4.78, 5) is 4.15. The first-order chi connectivity index (χ1) is 14.2. The first-order valence-electron chi connectivity index (χ1n) is 9.71. The molecule has 4 rings (SSSR count). The van der Waals surface area contributed by atoms with Gasteiger partial charge in [0, 0.05) is 12.4 Å². The van der Waals surface area contributed by atoms with Gasteiger partial charge in [0.1, 0.15) is 11.9 Å². The standard InChI is InChI=1S/C26H22FNO/c27-25-15-13-22(14-16-25)21-9-11-24(12-10-21)26(29)23-7-5-19(6-8-23)3-4-20-2-1-17-28-18-20/h1-2,5-18,26,29H,3-4H2. The smallest absolute Gasteiger partial charge is 0.123 e. The quantitative estimate of drug-likeness (QED) is 0.459. The number of benzene rings is 3. The molecule has 0 saturated heterocycles. The molecule has 3 aromatic carbocycles. The van der Waals surface area contributed by atoms with Crippen molar-refractivity contribution in [3.63, 3.8) is 0 Å². The highest BCUT2D eigenvalue weighted by atomic mass is 19.1. The van der Waals surface area contributed by atoms with Crippen molar-refractivity contribution in [2.24, 2.45) is 0 Å². The van der Waals surface area contributed by atoms with Gasteiger partial charge in [0.15, 0.2) is 0 Å². The zero-order chi connectivity index (χ0) is 20.1. The number of aliphatic hydroxyl groups excluding tert-OH is 1. The van der Waals surface area contributed by atoms with Gasteiger partial charge in [-0.3, -0.25) is 4.98 Å². The van der Waals surface area contributed by atoms with Crippen LogP contribution in [0.3, 0.4) is 0 Å². The number of aryl methyl sites for hydroxylation is 2. The molecule has 0 saturated carbocycles. The Morgan fingerprint density at radius 2 is 1.24 bits per heavy atom. The lowest BCUT2D eigenvalue weighted by molar-refractivity contribution is 0.220. The van der Waals surface area contributed by atoms with Gasteiger partial charge in [0.25, 0.3) is 0 Å². The predicted octanol–water partition coefficient (Wildman–Crippen LogP) is 5.75. The zero-order valence-electron chi connectivity index (χ0n) is 16.0. The van der Waals surface area contributed by atoms with Gasteiger partial charge in [-0.05, 0) is 64.4 Å². The molecule has 29 heavy (non-hydrogen) atoms. The molecule has 1 atom stereocenters. The second-order valence-electron chi connectivity index (χ2n) is 7.13. The van der Waals surface area contributed by atoms with Gasteiger partial charge in [0.2, 0.25) is 0 Å². The Kier molecular flexibility index (Phi) is 5.78. The van der Waals surface area contributed by atoms with Crippen LogP contribution in [0.5, 0.6) is 0 Å². The molecule has 1 N–H and O–H groups in total. The summed E-state index contributed by atoms with van der Waals surface area (Å²) in [5.74, 6) is -0.246.